The minimum atomic E-state index is -4.40. The van der Waals surface area contributed by atoms with E-state index in [0.29, 0.717) is 5.56 Å². The largest absolute Gasteiger partial charge is 0.416 e. The first-order valence-corrected chi connectivity index (χ1v) is 11.2. The average molecular weight is 458 g/mol. The van der Waals surface area contributed by atoms with Gasteiger partial charge in [-0.05, 0) is 54.8 Å². The molecule has 1 saturated carbocycles. The molecule has 4 rings (SSSR count). The minimum Gasteiger partial charge on any atom is -0.345 e. The number of nitrogens with zero attached hydrogens (tertiary/aromatic N) is 2. The SMILES string of the molecule is O=C(c1ccccc1F)N(Cc1cccn1Cc1cccc(C(F)(F)F)c1)C1CCCCC1. The van der Waals surface area contributed by atoms with Crippen LogP contribution in [-0.4, -0.2) is 21.4 Å². The summed E-state index contributed by atoms with van der Waals surface area (Å²) >= 11 is 0. The van der Waals surface area contributed by atoms with Crippen LogP contribution in [0.15, 0.2) is 66.9 Å². The Kier molecular flexibility index (Phi) is 6.86. The zero-order valence-electron chi connectivity index (χ0n) is 18.2. The number of hydrogen-bond acceptors (Lipinski definition) is 1. The summed E-state index contributed by atoms with van der Waals surface area (Å²) in [5, 5.41) is 0. The number of aromatic nitrogens is 1. The number of halogens is 4. The van der Waals surface area contributed by atoms with Crippen LogP contribution in [-0.2, 0) is 19.3 Å². The molecule has 3 nitrogen and oxygen atoms in total. The number of amides is 1. The second-order valence-electron chi connectivity index (χ2n) is 8.53. The fourth-order valence-electron chi connectivity index (χ4n) is 4.51. The van der Waals surface area contributed by atoms with Crippen molar-refractivity contribution >= 4 is 5.91 Å². The Morgan fingerprint density at radius 3 is 2.45 bits per heavy atom. The molecule has 0 bridgehead atoms. The second kappa shape index (κ2) is 9.81. The molecule has 0 spiro atoms. The van der Waals surface area contributed by atoms with Gasteiger partial charge in [0.1, 0.15) is 5.82 Å². The molecule has 0 saturated heterocycles. The third kappa shape index (κ3) is 5.46. The van der Waals surface area contributed by atoms with Crippen molar-refractivity contribution < 1.29 is 22.4 Å². The van der Waals surface area contributed by atoms with Crippen molar-refractivity contribution in [1.82, 2.24) is 9.47 Å². The molecule has 1 aliphatic rings. The van der Waals surface area contributed by atoms with Crippen LogP contribution in [0.1, 0.15) is 59.3 Å². The molecule has 0 unspecified atom stereocenters. The summed E-state index contributed by atoms with van der Waals surface area (Å²) in [7, 11) is 0. The number of hydrogen-bond donors (Lipinski definition) is 0. The predicted molar refractivity (Wildman–Crippen MR) is 118 cm³/mol. The van der Waals surface area contributed by atoms with E-state index in [1.54, 1.807) is 29.3 Å². The zero-order valence-corrected chi connectivity index (χ0v) is 18.2. The molecule has 0 N–H and O–H groups in total. The fourth-order valence-corrected chi connectivity index (χ4v) is 4.51. The average Bonchev–Trinajstić information content (AvgIpc) is 3.24. The summed E-state index contributed by atoms with van der Waals surface area (Å²) in [5.74, 6) is -0.908. The van der Waals surface area contributed by atoms with Gasteiger partial charge in [0, 0.05) is 24.5 Å². The molecule has 1 aromatic heterocycles. The van der Waals surface area contributed by atoms with Crippen LogP contribution in [0.5, 0.6) is 0 Å². The number of benzene rings is 2. The molecule has 0 radical (unpaired) electrons. The predicted octanol–water partition coefficient (Wildman–Crippen LogP) is 6.67. The molecule has 174 valence electrons. The lowest BCUT2D eigenvalue weighted by Gasteiger charge is -2.35. The Labute approximate surface area is 190 Å². The highest BCUT2D eigenvalue weighted by Crippen LogP contribution is 2.30. The van der Waals surface area contributed by atoms with E-state index in [1.807, 2.05) is 16.7 Å². The van der Waals surface area contributed by atoms with Gasteiger partial charge in [-0.2, -0.15) is 13.2 Å². The third-order valence-electron chi connectivity index (χ3n) is 6.24. The second-order valence-corrected chi connectivity index (χ2v) is 8.53. The minimum absolute atomic E-state index is 0.00256. The van der Waals surface area contributed by atoms with Gasteiger partial charge in [-0.1, -0.05) is 43.5 Å². The summed E-state index contributed by atoms with van der Waals surface area (Å²) in [6.45, 7) is 0.516. The maximum atomic E-state index is 14.4. The van der Waals surface area contributed by atoms with Crippen molar-refractivity contribution in [1.29, 1.82) is 0 Å². The molecule has 0 aliphatic heterocycles. The van der Waals surface area contributed by atoms with Gasteiger partial charge in [0.15, 0.2) is 0 Å². The summed E-state index contributed by atoms with van der Waals surface area (Å²) in [6.07, 6.45) is 2.24. The van der Waals surface area contributed by atoms with E-state index in [0.717, 1.165) is 49.9 Å². The molecule has 1 heterocycles. The summed E-state index contributed by atoms with van der Waals surface area (Å²) in [5.41, 5.74) is 0.668. The summed E-state index contributed by atoms with van der Waals surface area (Å²) in [4.78, 5) is 15.1. The van der Waals surface area contributed by atoms with Crippen LogP contribution < -0.4 is 0 Å². The molecule has 33 heavy (non-hydrogen) atoms. The Balaban J connectivity index is 1.60. The molecular formula is C26H26F4N2O. The van der Waals surface area contributed by atoms with Gasteiger partial charge in [0.25, 0.3) is 5.91 Å². The monoisotopic (exact) mass is 458 g/mol. The van der Waals surface area contributed by atoms with Gasteiger partial charge in [0.05, 0.1) is 17.7 Å². The van der Waals surface area contributed by atoms with Crippen molar-refractivity contribution in [2.24, 2.45) is 0 Å². The van der Waals surface area contributed by atoms with Crippen molar-refractivity contribution in [3.8, 4) is 0 Å². The van der Waals surface area contributed by atoms with Crippen LogP contribution in [0.3, 0.4) is 0 Å². The Bertz CT molecular complexity index is 1100. The van der Waals surface area contributed by atoms with Gasteiger partial charge in [-0.25, -0.2) is 4.39 Å². The summed E-state index contributed by atoms with van der Waals surface area (Å²) < 4.78 is 55.6. The lowest BCUT2D eigenvalue weighted by Crippen LogP contribution is -2.41. The molecule has 3 aromatic rings. The quantitative estimate of drug-likeness (QED) is 0.379. The highest BCUT2D eigenvalue weighted by Gasteiger charge is 2.31. The molecular weight excluding hydrogens is 432 g/mol. The van der Waals surface area contributed by atoms with Crippen LogP contribution in [0.25, 0.3) is 0 Å². The van der Waals surface area contributed by atoms with Crippen molar-refractivity contribution in [3.05, 3.63) is 95.1 Å². The molecule has 1 aliphatic carbocycles. The Hall–Kier alpha value is -3.09. The van der Waals surface area contributed by atoms with E-state index in [9.17, 15) is 22.4 Å². The highest BCUT2D eigenvalue weighted by atomic mass is 19.4. The van der Waals surface area contributed by atoms with E-state index >= 15 is 0 Å². The number of rotatable bonds is 6. The Morgan fingerprint density at radius 2 is 1.73 bits per heavy atom. The van der Waals surface area contributed by atoms with E-state index < -0.39 is 17.6 Å². The zero-order chi connectivity index (χ0) is 23.4. The third-order valence-corrected chi connectivity index (χ3v) is 6.24. The van der Waals surface area contributed by atoms with Gasteiger partial charge < -0.3 is 9.47 Å². The van der Waals surface area contributed by atoms with Gasteiger partial charge in [-0.15, -0.1) is 0 Å². The fraction of sp³-hybridized carbons (Fsp3) is 0.346. The van der Waals surface area contributed by atoms with E-state index in [2.05, 4.69) is 0 Å². The number of carbonyl (C=O) groups excluding carboxylic acids is 1. The maximum absolute atomic E-state index is 14.4. The Morgan fingerprint density at radius 1 is 0.970 bits per heavy atom. The first-order chi connectivity index (χ1) is 15.8. The standard InChI is InChI=1S/C26H26F4N2O/c27-24-14-5-4-13-23(24)25(33)32(21-10-2-1-3-11-21)18-22-12-7-15-31(22)17-19-8-6-9-20(16-19)26(28,29)30/h4-9,12-16,21H,1-3,10-11,17-18H2. The summed E-state index contributed by atoms with van der Waals surface area (Å²) in [6, 6.07) is 14.9. The van der Waals surface area contributed by atoms with E-state index in [4.69, 9.17) is 0 Å². The molecule has 1 fully saturated rings. The normalized spacial score (nSPS) is 14.9. The maximum Gasteiger partial charge on any atom is 0.416 e. The van der Waals surface area contributed by atoms with Crippen LogP contribution in [0.4, 0.5) is 17.6 Å². The van der Waals surface area contributed by atoms with Crippen LogP contribution >= 0.6 is 0 Å². The van der Waals surface area contributed by atoms with Gasteiger partial charge in [0.2, 0.25) is 0 Å². The molecule has 7 heteroatoms. The lowest BCUT2D eigenvalue weighted by atomic mass is 9.93. The molecule has 0 atom stereocenters. The van der Waals surface area contributed by atoms with Crippen LogP contribution in [0, 0.1) is 5.82 Å². The van der Waals surface area contributed by atoms with E-state index in [-0.39, 0.29) is 30.6 Å². The van der Waals surface area contributed by atoms with Gasteiger partial charge in [-0.3, -0.25) is 4.79 Å². The highest BCUT2D eigenvalue weighted by molar-refractivity contribution is 5.94. The topological polar surface area (TPSA) is 25.2 Å². The van der Waals surface area contributed by atoms with Crippen LogP contribution in [0.2, 0.25) is 0 Å². The van der Waals surface area contributed by atoms with E-state index in [1.165, 1.54) is 18.2 Å². The lowest BCUT2D eigenvalue weighted by molar-refractivity contribution is -0.137. The van der Waals surface area contributed by atoms with Gasteiger partial charge >= 0.3 is 6.18 Å². The number of carbonyl (C=O) groups is 1. The van der Waals surface area contributed by atoms with Crippen molar-refractivity contribution in [2.75, 3.05) is 0 Å². The number of alkyl halides is 3. The first-order valence-electron chi connectivity index (χ1n) is 11.2. The van der Waals surface area contributed by atoms with Crippen molar-refractivity contribution in [3.63, 3.8) is 0 Å². The molecule has 2 aromatic carbocycles. The molecule has 1 amide bonds. The smallest absolute Gasteiger partial charge is 0.345 e. The van der Waals surface area contributed by atoms with Crippen molar-refractivity contribution in [2.45, 2.75) is 57.4 Å². The first kappa shape index (κ1) is 23.1.